The molecular weight excluding hydrogens is 466 g/mol. The van der Waals surface area contributed by atoms with Crippen molar-refractivity contribution >= 4 is 27.8 Å². The summed E-state index contributed by atoms with van der Waals surface area (Å²) in [5, 5.41) is 13.7. The summed E-state index contributed by atoms with van der Waals surface area (Å²) in [5.41, 5.74) is 2.05. The lowest BCUT2D eigenvalue weighted by atomic mass is 10.0. The largest absolute Gasteiger partial charge is 0.445 e. The molecule has 0 aromatic heterocycles. The lowest BCUT2D eigenvalue weighted by Gasteiger charge is -2.24. The molecule has 33 heavy (non-hydrogen) atoms. The number of ether oxygens (including phenoxy) is 1. The zero-order chi connectivity index (χ0) is 23.8. The number of hydrogen-bond acceptors (Lipinski definition) is 6. The Kier molecular flexibility index (Phi) is 8.46. The average Bonchev–Trinajstić information content (AvgIpc) is 2.81. The zero-order valence-electron chi connectivity index (χ0n) is 17.8. The first-order valence-electron chi connectivity index (χ1n) is 10.1. The van der Waals surface area contributed by atoms with Gasteiger partial charge in [-0.2, -0.15) is 8.42 Å². The summed E-state index contributed by atoms with van der Waals surface area (Å²) in [6, 6.07) is 20.5. The molecule has 2 atom stereocenters. The number of rotatable bonds is 9. The predicted octanol–water partition coefficient (Wildman–Crippen LogP) is 4.38. The summed E-state index contributed by atoms with van der Waals surface area (Å²) in [6.45, 7) is 1.32. The van der Waals surface area contributed by atoms with Gasteiger partial charge >= 0.3 is 6.09 Å². The minimum atomic E-state index is -4.12. The third kappa shape index (κ3) is 7.30. The Morgan fingerprint density at radius 2 is 1.73 bits per heavy atom. The molecule has 3 aromatic rings. The van der Waals surface area contributed by atoms with Crippen molar-refractivity contribution in [1.29, 1.82) is 0 Å². The summed E-state index contributed by atoms with van der Waals surface area (Å²) < 4.78 is 35.5. The van der Waals surface area contributed by atoms with E-state index in [-0.39, 0.29) is 11.5 Å². The van der Waals surface area contributed by atoms with Crippen molar-refractivity contribution in [3.05, 3.63) is 101 Å². The first kappa shape index (κ1) is 24.7. The van der Waals surface area contributed by atoms with Crippen LogP contribution >= 0.6 is 11.6 Å². The van der Waals surface area contributed by atoms with Gasteiger partial charge in [0.15, 0.2) is 0 Å². The van der Waals surface area contributed by atoms with Crippen LogP contribution in [-0.4, -0.2) is 32.3 Å². The fraction of sp³-hybridized carbons (Fsp3) is 0.208. The smallest absolute Gasteiger partial charge is 0.407 e. The maximum absolute atomic E-state index is 12.6. The normalized spacial score (nSPS) is 13.2. The van der Waals surface area contributed by atoms with Gasteiger partial charge in [0.2, 0.25) is 0 Å². The van der Waals surface area contributed by atoms with E-state index in [1.165, 1.54) is 18.2 Å². The second-order valence-electron chi connectivity index (χ2n) is 7.36. The summed E-state index contributed by atoms with van der Waals surface area (Å²) in [6.07, 6.45) is -2.14. The quantitative estimate of drug-likeness (QED) is 0.432. The number of alkyl carbamates (subject to hydrolysis) is 1. The maximum Gasteiger partial charge on any atom is 0.407 e. The molecule has 3 rings (SSSR count). The molecule has 0 fully saturated rings. The lowest BCUT2D eigenvalue weighted by molar-refractivity contribution is 0.0827. The van der Waals surface area contributed by atoms with Crippen molar-refractivity contribution in [2.75, 3.05) is 6.61 Å². The Balaban J connectivity index is 1.73. The molecule has 1 amide bonds. The van der Waals surface area contributed by atoms with E-state index in [1.807, 2.05) is 25.1 Å². The molecule has 0 heterocycles. The molecule has 0 aliphatic carbocycles. The first-order chi connectivity index (χ1) is 15.7. The Bertz CT molecular complexity index is 1170. The van der Waals surface area contributed by atoms with Crippen LogP contribution in [0.3, 0.4) is 0 Å². The van der Waals surface area contributed by atoms with Crippen LogP contribution in [0.2, 0.25) is 5.02 Å². The van der Waals surface area contributed by atoms with Gasteiger partial charge in [0, 0.05) is 5.02 Å². The van der Waals surface area contributed by atoms with Crippen molar-refractivity contribution < 1.29 is 27.2 Å². The second kappa shape index (κ2) is 11.3. The van der Waals surface area contributed by atoms with Crippen molar-refractivity contribution in [2.45, 2.75) is 30.6 Å². The first-order valence-corrected chi connectivity index (χ1v) is 11.9. The van der Waals surface area contributed by atoms with E-state index < -0.39 is 35.0 Å². The van der Waals surface area contributed by atoms with Gasteiger partial charge in [-0.25, -0.2) is 4.79 Å². The van der Waals surface area contributed by atoms with Crippen LogP contribution in [0.25, 0.3) is 0 Å². The Labute approximate surface area is 198 Å². The number of amides is 1. The van der Waals surface area contributed by atoms with Crippen LogP contribution < -0.4 is 5.32 Å². The Hall–Kier alpha value is -2.91. The highest BCUT2D eigenvalue weighted by molar-refractivity contribution is 7.86. The summed E-state index contributed by atoms with van der Waals surface area (Å²) in [4.78, 5) is 12.4. The molecule has 0 aliphatic heterocycles. The van der Waals surface area contributed by atoms with Crippen LogP contribution in [0.4, 0.5) is 4.79 Å². The molecule has 0 spiro atoms. The van der Waals surface area contributed by atoms with E-state index in [4.69, 9.17) is 20.5 Å². The van der Waals surface area contributed by atoms with Gasteiger partial charge in [0.1, 0.15) is 12.7 Å². The fourth-order valence-electron chi connectivity index (χ4n) is 2.99. The van der Waals surface area contributed by atoms with E-state index in [0.717, 1.165) is 11.1 Å². The minimum Gasteiger partial charge on any atom is -0.445 e. The SMILES string of the molecule is Cc1ccc(S(=O)(=O)OC[C@@H](NC(=O)OCc2ccccc2)[C@H](O)c2cccc(Cl)c2)cc1. The molecule has 0 radical (unpaired) electrons. The Morgan fingerprint density at radius 1 is 1.03 bits per heavy atom. The molecular formula is C24H24ClNO6S. The second-order valence-corrected chi connectivity index (χ2v) is 9.42. The number of carbonyl (C=O) groups is 1. The van der Waals surface area contributed by atoms with Gasteiger partial charge in [-0.15, -0.1) is 0 Å². The van der Waals surface area contributed by atoms with E-state index >= 15 is 0 Å². The Morgan fingerprint density at radius 3 is 2.39 bits per heavy atom. The van der Waals surface area contributed by atoms with Gasteiger partial charge in [0.25, 0.3) is 10.1 Å². The molecule has 2 N–H and O–H groups in total. The van der Waals surface area contributed by atoms with Crippen molar-refractivity contribution in [3.8, 4) is 0 Å². The number of benzene rings is 3. The molecule has 7 nitrogen and oxygen atoms in total. The van der Waals surface area contributed by atoms with E-state index in [0.29, 0.717) is 10.6 Å². The maximum atomic E-state index is 12.6. The van der Waals surface area contributed by atoms with Gasteiger partial charge in [0.05, 0.1) is 17.5 Å². The van der Waals surface area contributed by atoms with Crippen molar-refractivity contribution in [1.82, 2.24) is 5.32 Å². The van der Waals surface area contributed by atoms with Gasteiger partial charge in [-0.05, 0) is 42.3 Å². The van der Waals surface area contributed by atoms with Gasteiger partial charge in [-0.3, -0.25) is 4.18 Å². The molecule has 3 aromatic carbocycles. The van der Waals surface area contributed by atoms with Crippen molar-refractivity contribution in [3.63, 3.8) is 0 Å². The van der Waals surface area contributed by atoms with E-state index in [9.17, 15) is 18.3 Å². The minimum absolute atomic E-state index is 0.00910. The number of hydrogen-bond donors (Lipinski definition) is 2. The van der Waals surface area contributed by atoms with Gasteiger partial charge < -0.3 is 15.2 Å². The van der Waals surface area contributed by atoms with Crippen LogP contribution in [0.1, 0.15) is 22.8 Å². The van der Waals surface area contributed by atoms with Gasteiger partial charge in [-0.1, -0.05) is 71.8 Å². The monoisotopic (exact) mass is 489 g/mol. The number of nitrogens with one attached hydrogen (secondary N) is 1. The number of aryl methyl sites for hydroxylation is 1. The molecule has 0 saturated heterocycles. The number of carbonyl (C=O) groups excluding carboxylic acids is 1. The molecule has 9 heteroatoms. The molecule has 0 unspecified atom stereocenters. The van der Waals surface area contributed by atoms with Crippen LogP contribution in [-0.2, 0) is 25.6 Å². The van der Waals surface area contributed by atoms with Crippen LogP contribution in [0, 0.1) is 6.92 Å². The van der Waals surface area contributed by atoms with E-state index in [2.05, 4.69) is 5.32 Å². The highest BCUT2D eigenvalue weighted by atomic mass is 35.5. The molecule has 0 saturated carbocycles. The summed E-state index contributed by atoms with van der Waals surface area (Å²) in [5.74, 6) is 0. The topological polar surface area (TPSA) is 102 Å². The average molecular weight is 490 g/mol. The standard InChI is InChI=1S/C24H24ClNO6S/c1-17-10-12-21(13-11-17)33(29,30)32-16-22(23(27)19-8-5-9-20(25)14-19)26-24(28)31-15-18-6-3-2-4-7-18/h2-14,22-23,27H,15-16H2,1H3,(H,26,28)/t22-,23-/m1/s1. The zero-order valence-corrected chi connectivity index (χ0v) is 19.4. The van der Waals surface area contributed by atoms with E-state index in [1.54, 1.807) is 42.5 Å². The van der Waals surface area contributed by atoms with Crippen LogP contribution in [0.15, 0.2) is 83.8 Å². The third-order valence-corrected chi connectivity index (χ3v) is 6.33. The number of halogens is 1. The predicted molar refractivity (Wildman–Crippen MR) is 124 cm³/mol. The highest BCUT2D eigenvalue weighted by Gasteiger charge is 2.27. The third-order valence-electron chi connectivity index (χ3n) is 4.80. The van der Waals surface area contributed by atoms with Crippen molar-refractivity contribution in [2.24, 2.45) is 0 Å². The number of aliphatic hydroxyl groups excluding tert-OH is 1. The molecule has 0 aliphatic rings. The van der Waals surface area contributed by atoms with Crippen LogP contribution in [0.5, 0.6) is 0 Å². The lowest BCUT2D eigenvalue weighted by Crippen LogP contribution is -2.43. The highest BCUT2D eigenvalue weighted by Crippen LogP contribution is 2.22. The molecule has 174 valence electrons. The fourth-order valence-corrected chi connectivity index (χ4v) is 4.12. The summed E-state index contributed by atoms with van der Waals surface area (Å²) in [7, 11) is -4.12. The number of aliphatic hydroxyl groups is 1. The summed E-state index contributed by atoms with van der Waals surface area (Å²) >= 11 is 6.01. The molecule has 0 bridgehead atoms.